The van der Waals surface area contributed by atoms with E-state index in [1.165, 1.54) is 81.3 Å². The van der Waals surface area contributed by atoms with Gasteiger partial charge in [0, 0.05) is 21.7 Å². The Morgan fingerprint density at radius 3 is 2.10 bits per heavy atom. The number of anilines is 2. The van der Waals surface area contributed by atoms with Gasteiger partial charge in [-0.15, -0.1) is 12.6 Å². The van der Waals surface area contributed by atoms with Gasteiger partial charge in [0.2, 0.25) is 6.71 Å². The van der Waals surface area contributed by atoms with Crippen LogP contribution in [0.15, 0.2) is 120 Å². The molecule has 2 heterocycles. The third-order valence-corrected chi connectivity index (χ3v) is 10.9. The predicted molar refractivity (Wildman–Crippen MR) is 178 cm³/mol. The monoisotopic (exact) mass is 547 g/mol. The third kappa shape index (κ3) is 3.51. The number of benzene rings is 5. The van der Waals surface area contributed by atoms with E-state index in [4.69, 9.17) is 12.6 Å². The highest BCUT2D eigenvalue weighted by Crippen LogP contribution is 2.61. The zero-order valence-electron chi connectivity index (χ0n) is 23.8. The van der Waals surface area contributed by atoms with Crippen molar-refractivity contribution in [3.63, 3.8) is 0 Å². The lowest BCUT2D eigenvalue weighted by molar-refractivity contribution is 0.195. The lowest BCUT2D eigenvalue weighted by atomic mass is 9.35. The zero-order chi connectivity index (χ0) is 27.8. The van der Waals surface area contributed by atoms with Gasteiger partial charge in [-0.05, 0) is 76.7 Å². The number of nitrogens with zero attached hydrogens (tertiary/aromatic N) is 1. The summed E-state index contributed by atoms with van der Waals surface area (Å²) in [7, 11) is 0. The minimum absolute atomic E-state index is 0.0187. The van der Waals surface area contributed by atoms with Gasteiger partial charge < -0.3 is 4.90 Å². The SMILES string of the molecule is CC12CCCCC1(C)N1c3cc(-c4cccc(-c5ccccc5)c4)cc(S)c3B(c3ccccc3)c3cccc2c31. The van der Waals surface area contributed by atoms with E-state index in [9.17, 15) is 0 Å². The lowest BCUT2D eigenvalue weighted by Crippen LogP contribution is -2.62. The molecular formula is C38H34BNS. The Kier molecular flexibility index (Phi) is 5.60. The molecule has 1 nitrogen and oxygen atoms in total. The first-order valence-electron chi connectivity index (χ1n) is 15.0. The molecular weight excluding hydrogens is 513 g/mol. The minimum atomic E-state index is 0.0187. The van der Waals surface area contributed by atoms with Crippen LogP contribution in [0.5, 0.6) is 0 Å². The van der Waals surface area contributed by atoms with E-state index in [1.54, 1.807) is 0 Å². The summed E-state index contributed by atoms with van der Waals surface area (Å²) in [5.74, 6) is 0. The molecule has 2 unspecified atom stereocenters. The first kappa shape index (κ1) is 25.1. The maximum atomic E-state index is 5.29. The van der Waals surface area contributed by atoms with Crippen LogP contribution >= 0.6 is 12.6 Å². The van der Waals surface area contributed by atoms with E-state index < -0.39 is 0 Å². The van der Waals surface area contributed by atoms with Crippen LogP contribution in [0.2, 0.25) is 0 Å². The topological polar surface area (TPSA) is 3.24 Å². The molecule has 2 aliphatic heterocycles. The number of thiol groups is 1. The van der Waals surface area contributed by atoms with Gasteiger partial charge in [-0.3, -0.25) is 0 Å². The van der Waals surface area contributed by atoms with Crippen molar-refractivity contribution in [1.82, 2.24) is 0 Å². The number of hydrogen-bond donors (Lipinski definition) is 1. The lowest BCUT2D eigenvalue weighted by Gasteiger charge is -2.52. The van der Waals surface area contributed by atoms with Crippen molar-refractivity contribution in [2.24, 2.45) is 0 Å². The average molecular weight is 548 g/mol. The van der Waals surface area contributed by atoms with Crippen molar-refractivity contribution < 1.29 is 0 Å². The summed E-state index contributed by atoms with van der Waals surface area (Å²) in [6.45, 7) is 5.22. The third-order valence-electron chi connectivity index (χ3n) is 10.6. The van der Waals surface area contributed by atoms with Crippen LogP contribution in [0.25, 0.3) is 22.3 Å². The quantitative estimate of drug-likeness (QED) is 0.178. The van der Waals surface area contributed by atoms with E-state index in [0.29, 0.717) is 0 Å². The molecule has 0 saturated heterocycles. The van der Waals surface area contributed by atoms with E-state index in [-0.39, 0.29) is 17.7 Å². The Morgan fingerprint density at radius 1 is 0.659 bits per heavy atom. The molecule has 0 radical (unpaired) electrons. The van der Waals surface area contributed by atoms with Crippen molar-refractivity contribution in [3.05, 3.63) is 121 Å². The molecule has 5 aromatic carbocycles. The molecule has 41 heavy (non-hydrogen) atoms. The number of hydrogen-bond acceptors (Lipinski definition) is 2. The summed E-state index contributed by atoms with van der Waals surface area (Å²) in [5, 5.41) is 0. The van der Waals surface area contributed by atoms with Crippen molar-refractivity contribution in [2.45, 2.75) is 55.4 Å². The molecule has 3 aliphatic rings. The van der Waals surface area contributed by atoms with Gasteiger partial charge in [0.25, 0.3) is 0 Å². The van der Waals surface area contributed by atoms with Crippen molar-refractivity contribution in [3.8, 4) is 22.3 Å². The summed E-state index contributed by atoms with van der Waals surface area (Å²) in [5.41, 5.74) is 13.5. The first-order valence-corrected chi connectivity index (χ1v) is 15.5. The number of rotatable bonds is 3. The molecule has 2 atom stereocenters. The Morgan fingerprint density at radius 2 is 1.32 bits per heavy atom. The Hall–Kier alpha value is -3.69. The van der Waals surface area contributed by atoms with Crippen LogP contribution in [-0.2, 0) is 5.41 Å². The van der Waals surface area contributed by atoms with Crippen molar-refractivity contribution >= 4 is 47.1 Å². The maximum absolute atomic E-state index is 5.29. The smallest absolute Gasteiger partial charge is 0.248 e. The van der Waals surface area contributed by atoms with Crippen LogP contribution in [0.3, 0.4) is 0 Å². The normalized spacial score (nSPS) is 22.2. The second kappa shape index (κ2) is 9.16. The van der Waals surface area contributed by atoms with Gasteiger partial charge in [0.05, 0.1) is 5.54 Å². The fraction of sp³-hybridized carbons (Fsp3) is 0.211. The van der Waals surface area contributed by atoms with Crippen LogP contribution in [0.4, 0.5) is 11.4 Å². The van der Waals surface area contributed by atoms with Gasteiger partial charge in [0.15, 0.2) is 0 Å². The Bertz CT molecular complexity index is 1800. The van der Waals surface area contributed by atoms with E-state index in [1.807, 2.05) is 0 Å². The molecule has 1 aliphatic carbocycles. The van der Waals surface area contributed by atoms with Gasteiger partial charge in [-0.1, -0.05) is 122 Å². The molecule has 0 bridgehead atoms. The predicted octanol–water partition coefficient (Wildman–Crippen LogP) is 7.88. The van der Waals surface area contributed by atoms with E-state index >= 15 is 0 Å². The summed E-state index contributed by atoms with van der Waals surface area (Å²) in [6, 6.07) is 42.6. The van der Waals surface area contributed by atoms with Gasteiger partial charge >= 0.3 is 0 Å². The van der Waals surface area contributed by atoms with Crippen LogP contribution in [0, 0.1) is 0 Å². The number of para-hydroxylation sites is 1. The maximum Gasteiger partial charge on any atom is 0.248 e. The molecule has 3 heteroatoms. The highest BCUT2D eigenvalue weighted by molar-refractivity contribution is 7.80. The standard InChI is InChI=1S/C38H34BNS/c1-37-21-9-10-22-38(37,2)40-33-24-29(28-16-11-15-27(23-28)26-13-5-3-6-14-26)25-34(41)35(33)39(30-17-7-4-8-18-30)32-20-12-19-31(37)36(32)40/h3-8,11-20,23-25,41H,9-10,21-22H2,1-2H3. The molecule has 0 amide bonds. The van der Waals surface area contributed by atoms with Crippen LogP contribution in [0.1, 0.15) is 45.1 Å². The zero-order valence-corrected chi connectivity index (χ0v) is 24.7. The molecule has 0 spiro atoms. The molecule has 5 aromatic rings. The van der Waals surface area contributed by atoms with Crippen molar-refractivity contribution in [2.75, 3.05) is 4.90 Å². The van der Waals surface area contributed by atoms with Crippen LogP contribution < -0.4 is 21.3 Å². The average Bonchev–Trinajstić information content (AvgIpc) is 3.23. The fourth-order valence-corrected chi connectivity index (χ4v) is 8.71. The second-order valence-electron chi connectivity index (χ2n) is 12.6. The molecule has 200 valence electrons. The number of fused-ring (bicyclic) bond motifs is 5. The van der Waals surface area contributed by atoms with Crippen molar-refractivity contribution in [1.29, 1.82) is 0 Å². The Labute approximate surface area is 249 Å². The molecule has 0 N–H and O–H groups in total. The molecule has 1 fully saturated rings. The minimum Gasteiger partial charge on any atom is -0.335 e. The van der Waals surface area contributed by atoms with Gasteiger partial charge in [0.1, 0.15) is 0 Å². The van der Waals surface area contributed by atoms with E-state index in [0.717, 1.165) is 4.90 Å². The van der Waals surface area contributed by atoms with Gasteiger partial charge in [-0.2, -0.15) is 0 Å². The first-order chi connectivity index (χ1) is 20.0. The van der Waals surface area contributed by atoms with Crippen LogP contribution in [-0.4, -0.2) is 12.3 Å². The van der Waals surface area contributed by atoms with E-state index in [2.05, 4.69) is 134 Å². The largest absolute Gasteiger partial charge is 0.335 e. The fourth-order valence-electron chi connectivity index (χ4n) is 8.33. The molecule has 8 rings (SSSR count). The summed E-state index contributed by atoms with van der Waals surface area (Å²) in [4.78, 5) is 3.83. The highest BCUT2D eigenvalue weighted by Gasteiger charge is 2.60. The summed E-state index contributed by atoms with van der Waals surface area (Å²) >= 11 is 5.29. The second-order valence-corrected chi connectivity index (χ2v) is 13.1. The van der Waals surface area contributed by atoms with Gasteiger partial charge in [-0.25, -0.2) is 0 Å². The summed E-state index contributed by atoms with van der Waals surface area (Å²) < 4.78 is 0. The summed E-state index contributed by atoms with van der Waals surface area (Å²) in [6.07, 6.45) is 5.00. The Balaban J connectivity index is 1.39. The molecule has 1 saturated carbocycles. The highest BCUT2D eigenvalue weighted by atomic mass is 32.1. The molecule has 0 aromatic heterocycles.